The van der Waals surface area contributed by atoms with Crippen LogP contribution in [0.2, 0.25) is 0 Å². The monoisotopic (exact) mass is 230 g/mol. The normalized spacial score (nSPS) is 13.2. The Morgan fingerprint density at radius 1 is 1.15 bits per heavy atom. The summed E-state index contributed by atoms with van der Waals surface area (Å²) < 4.78 is 42.9. The highest BCUT2D eigenvalue weighted by Gasteiger charge is 2.28. The topological polar surface area (TPSA) is 69.7 Å². The van der Waals surface area contributed by atoms with Gasteiger partial charge >= 0.3 is 7.60 Å². The molecule has 0 unspecified atom stereocenters. The summed E-state index contributed by atoms with van der Waals surface area (Å²) in [7, 11) is -6.77. The first-order valence-electron chi connectivity index (χ1n) is 3.89. The molecular weight excluding hydrogens is 215 g/mol. The summed E-state index contributed by atoms with van der Waals surface area (Å²) in [6.45, 7) is 3.61. The zero-order valence-corrected chi connectivity index (χ0v) is 9.73. The molecule has 0 atom stereocenters. The summed E-state index contributed by atoms with van der Waals surface area (Å²) >= 11 is 0. The van der Waals surface area contributed by atoms with E-state index in [1.165, 1.54) is 0 Å². The molecule has 0 aliphatic heterocycles. The third kappa shape index (κ3) is 6.21. The van der Waals surface area contributed by atoms with Crippen molar-refractivity contribution in [3.05, 3.63) is 0 Å². The molecule has 0 radical (unpaired) electrons. The molecule has 0 amide bonds. The molecule has 0 aromatic carbocycles. The molecule has 0 saturated heterocycles. The second kappa shape index (κ2) is 5.10. The second-order valence-electron chi connectivity index (χ2n) is 2.50. The van der Waals surface area contributed by atoms with Crippen LogP contribution in [0, 0.1) is 0 Å². The van der Waals surface area contributed by atoms with Crippen molar-refractivity contribution in [3.63, 3.8) is 0 Å². The number of sulfone groups is 1. The number of rotatable bonds is 6. The van der Waals surface area contributed by atoms with Gasteiger partial charge in [-0.25, -0.2) is 8.42 Å². The predicted octanol–water partition coefficient (Wildman–Crippen LogP) is 1.25. The molecule has 7 heteroatoms. The van der Waals surface area contributed by atoms with Crippen LogP contribution in [-0.2, 0) is 23.4 Å². The fraction of sp³-hybridized carbons (Fsp3) is 1.00. The molecule has 0 spiro atoms. The Morgan fingerprint density at radius 2 is 1.54 bits per heavy atom. The van der Waals surface area contributed by atoms with Crippen molar-refractivity contribution in [3.8, 4) is 0 Å². The quantitative estimate of drug-likeness (QED) is 0.642. The third-order valence-corrected chi connectivity index (χ3v) is 5.49. The molecule has 0 aromatic rings. The van der Waals surface area contributed by atoms with Gasteiger partial charge in [-0.1, -0.05) is 0 Å². The molecule has 5 nitrogen and oxygen atoms in total. The summed E-state index contributed by atoms with van der Waals surface area (Å²) in [5.74, 6) is 0. The smallest absolute Gasteiger partial charge is 0.308 e. The fourth-order valence-corrected chi connectivity index (χ4v) is 4.55. The van der Waals surface area contributed by atoms with Crippen molar-refractivity contribution in [2.75, 3.05) is 25.0 Å². The van der Waals surface area contributed by atoms with Gasteiger partial charge in [-0.3, -0.25) is 4.57 Å². The lowest BCUT2D eigenvalue weighted by Crippen LogP contribution is -2.08. The molecule has 0 fully saturated rings. The van der Waals surface area contributed by atoms with Gasteiger partial charge in [0.25, 0.3) is 0 Å². The molecule has 0 aliphatic rings. The van der Waals surface area contributed by atoms with Crippen molar-refractivity contribution in [2.24, 2.45) is 0 Å². The van der Waals surface area contributed by atoms with Crippen molar-refractivity contribution < 1.29 is 22.0 Å². The SMILES string of the molecule is CCOP(=O)(CS(C)(=O)=O)OCC. The minimum atomic E-state index is -3.43. The molecule has 0 N–H and O–H groups in total. The van der Waals surface area contributed by atoms with Crippen molar-refractivity contribution in [1.29, 1.82) is 0 Å². The first kappa shape index (κ1) is 13.1. The van der Waals surface area contributed by atoms with Gasteiger partial charge in [-0.05, 0) is 13.8 Å². The van der Waals surface area contributed by atoms with E-state index < -0.39 is 22.9 Å². The largest absolute Gasteiger partial charge is 0.345 e. The van der Waals surface area contributed by atoms with Gasteiger partial charge in [-0.2, -0.15) is 0 Å². The number of hydrogen-bond donors (Lipinski definition) is 0. The van der Waals surface area contributed by atoms with Gasteiger partial charge in [0.05, 0.1) is 13.2 Å². The van der Waals surface area contributed by atoms with E-state index in [1.807, 2.05) is 0 Å². The molecule has 0 aliphatic carbocycles. The predicted molar refractivity (Wildman–Crippen MR) is 50.6 cm³/mol. The maximum atomic E-state index is 11.6. The Balaban J connectivity index is 4.51. The molecule has 0 aromatic heterocycles. The molecule has 0 saturated carbocycles. The van der Waals surface area contributed by atoms with Gasteiger partial charge in [0, 0.05) is 6.26 Å². The maximum absolute atomic E-state index is 11.6. The fourth-order valence-electron chi connectivity index (χ4n) is 0.792. The molecule has 0 bridgehead atoms. The van der Waals surface area contributed by atoms with Crippen LogP contribution in [0.3, 0.4) is 0 Å². The summed E-state index contributed by atoms with van der Waals surface area (Å²) in [4.78, 5) is 0. The Bertz CT molecular complexity index is 273. The first-order chi connectivity index (χ1) is 5.83. The van der Waals surface area contributed by atoms with E-state index >= 15 is 0 Å². The van der Waals surface area contributed by atoms with E-state index in [1.54, 1.807) is 13.8 Å². The van der Waals surface area contributed by atoms with Gasteiger partial charge in [0.1, 0.15) is 0 Å². The Hall–Kier alpha value is 0.100. The summed E-state index contributed by atoms with van der Waals surface area (Å²) in [6.07, 6.45) is 0.998. The average Bonchev–Trinajstić information content (AvgIpc) is 1.82. The van der Waals surface area contributed by atoms with E-state index in [0.717, 1.165) is 6.26 Å². The lowest BCUT2D eigenvalue weighted by atomic mass is 10.9. The van der Waals surface area contributed by atoms with Crippen LogP contribution in [0.15, 0.2) is 0 Å². The molecule has 13 heavy (non-hydrogen) atoms. The zero-order valence-electron chi connectivity index (χ0n) is 8.02. The minimum Gasteiger partial charge on any atom is -0.308 e. The van der Waals surface area contributed by atoms with E-state index in [0.29, 0.717) is 0 Å². The van der Waals surface area contributed by atoms with Crippen LogP contribution in [-0.4, -0.2) is 33.4 Å². The van der Waals surface area contributed by atoms with Crippen molar-refractivity contribution >= 4 is 17.4 Å². The maximum Gasteiger partial charge on any atom is 0.345 e. The molecule has 0 heterocycles. The van der Waals surface area contributed by atoms with Gasteiger partial charge in [0.15, 0.2) is 15.3 Å². The second-order valence-corrected chi connectivity index (χ2v) is 7.12. The van der Waals surface area contributed by atoms with Gasteiger partial charge in [0.2, 0.25) is 0 Å². The molecule has 80 valence electrons. The van der Waals surface area contributed by atoms with Gasteiger partial charge < -0.3 is 9.05 Å². The zero-order chi connectivity index (χ0) is 10.5. The first-order valence-corrected chi connectivity index (χ1v) is 7.67. The third-order valence-electron chi connectivity index (χ3n) is 1.04. The van der Waals surface area contributed by atoms with Crippen molar-refractivity contribution in [2.45, 2.75) is 13.8 Å². The van der Waals surface area contributed by atoms with E-state index in [2.05, 4.69) is 0 Å². The van der Waals surface area contributed by atoms with Crippen LogP contribution in [0.4, 0.5) is 0 Å². The highest BCUT2D eigenvalue weighted by atomic mass is 32.2. The van der Waals surface area contributed by atoms with Crippen LogP contribution >= 0.6 is 7.60 Å². The van der Waals surface area contributed by atoms with Gasteiger partial charge in [-0.15, -0.1) is 0 Å². The number of hydrogen-bond acceptors (Lipinski definition) is 5. The highest BCUT2D eigenvalue weighted by Crippen LogP contribution is 2.48. The lowest BCUT2D eigenvalue weighted by molar-refractivity contribution is 0.224. The Morgan fingerprint density at radius 3 is 1.77 bits per heavy atom. The standard InChI is InChI=1S/C6H15O5PS/c1-4-10-12(7,11-5-2)6-13(3,8)9/h4-6H2,1-3H3. The van der Waals surface area contributed by atoms with Crippen LogP contribution < -0.4 is 0 Å². The molecule has 0 rings (SSSR count). The highest BCUT2D eigenvalue weighted by molar-refractivity contribution is 7.97. The summed E-state index contributed by atoms with van der Waals surface area (Å²) in [6, 6.07) is 0. The van der Waals surface area contributed by atoms with E-state index in [9.17, 15) is 13.0 Å². The van der Waals surface area contributed by atoms with Crippen molar-refractivity contribution in [1.82, 2.24) is 0 Å². The molecular formula is C6H15O5PS. The van der Waals surface area contributed by atoms with E-state index in [-0.39, 0.29) is 13.2 Å². The van der Waals surface area contributed by atoms with Crippen LogP contribution in [0.1, 0.15) is 13.8 Å². The summed E-state index contributed by atoms with van der Waals surface area (Å²) in [5, 5.41) is 0. The average molecular weight is 230 g/mol. The van der Waals surface area contributed by atoms with E-state index in [4.69, 9.17) is 9.05 Å². The van der Waals surface area contributed by atoms with Crippen LogP contribution in [0.25, 0.3) is 0 Å². The lowest BCUT2D eigenvalue weighted by Gasteiger charge is -2.15. The Labute approximate surface area is 78.9 Å². The Kier molecular flexibility index (Phi) is 5.14. The van der Waals surface area contributed by atoms with Crippen LogP contribution in [0.5, 0.6) is 0 Å². The summed E-state index contributed by atoms with van der Waals surface area (Å²) in [5.41, 5.74) is -0.554. The minimum absolute atomic E-state index is 0.173.